The van der Waals surface area contributed by atoms with Crippen LogP contribution in [-0.4, -0.2) is 21.9 Å². The molecule has 1 atom stereocenters. The van der Waals surface area contributed by atoms with Crippen LogP contribution >= 0.6 is 23.6 Å². The molecule has 0 fully saturated rings. The van der Waals surface area contributed by atoms with E-state index in [4.69, 9.17) is 18.0 Å². The SMILES string of the molecule is Cc1nc(CN(C)C(CC(N)=S)c2ccccc2)cs1. The highest BCUT2D eigenvalue weighted by molar-refractivity contribution is 7.80. The van der Waals surface area contributed by atoms with Gasteiger partial charge in [0.25, 0.3) is 0 Å². The maximum Gasteiger partial charge on any atom is 0.0897 e. The summed E-state index contributed by atoms with van der Waals surface area (Å²) >= 11 is 6.78. The standard InChI is InChI=1S/C15H19N3S2/c1-11-17-13(10-20-11)9-18(2)14(8-15(16)19)12-6-4-3-5-7-12/h3-7,10,14H,8-9H2,1-2H3,(H2,16,19). The van der Waals surface area contributed by atoms with E-state index in [9.17, 15) is 0 Å². The summed E-state index contributed by atoms with van der Waals surface area (Å²) in [5.74, 6) is 0. The molecule has 0 aliphatic heterocycles. The number of hydrogen-bond acceptors (Lipinski definition) is 4. The Kier molecular flexibility index (Phi) is 5.23. The number of thiazole rings is 1. The third-order valence-electron chi connectivity index (χ3n) is 3.19. The molecule has 0 amide bonds. The first-order valence-corrected chi connectivity index (χ1v) is 7.79. The molecule has 1 aromatic heterocycles. The molecule has 2 rings (SSSR count). The lowest BCUT2D eigenvalue weighted by molar-refractivity contribution is 0.239. The lowest BCUT2D eigenvalue weighted by atomic mass is 10.0. The minimum atomic E-state index is 0.190. The Morgan fingerprint density at radius 3 is 2.65 bits per heavy atom. The predicted molar refractivity (Wildman–Crippen MR) is 88.9 cm³/mol. The third-order valence-corrected chi connectivity index (χ3v) is 4.18. The molecule has 1 aromatic carbocycles. The smallest absolute Gasteiger partial charge is 0.0897 e. The number of aromatic nitrogens is 1. The second-order valence-corrected chi connectivity index (χ2v) is 6.46. The molecule has 0 aliphatic carbocycles. The summed E-state index contributed by atoms with van der Waals surface area (Å²) in [5.41, 5.74) is 8.08. The van der Waals surface area contributed by atoms with Crippen molar-refractivity contribution in [2.75, 3.05) is 7.05 Å². The third kappa shape index (κ3) is 4.10. The zero-order valence-electron chi connectivity index (χ0n) is 11.7. The van der Waals surface area contributed by atoms with Crippen molar-refractivity contribution in [2.24, 2.45) is 5.73 Å². The summed E-state index contributed by atoms with van der Waals surface area (Å²) in [6.45, 7) is 2.82. The summed E-state index contributed by atoms with van der Waals surface area (Å²) in [5, 5.41) is 3.20. The van der Waals surface area contributed by atoms with Gasteiger partial charge in [0.15, 0.2) is 0 Å². The second-order valence-electron chi connectivity index (χ2n) is 4.87. The Morgan fingerprint density at radius 2 is 2.10 bits per heavy atom. The van der Waals surface area contributed by atoms with Gasteiger partial charge < -0.3 is 5.73 Å². The highest BCUT2D eigenvalue weighted by Gasteiger charge is 2.18. The number of benzene rings is 1. The summed E-state index contributed by atoms with van der Waals surface area (Å²) in [7, 11) is 2.09. The Hall–Kier alpha value is -1.30. The van der Waals surface area contributed by atoms with Gasteiger partial charge in [-0.3, -0.25) is 4.90 Å². The lowest BCUT2D eigenvalue weighted by Gasteiger charge is -2.27. The second kappa shape index (κ2) is 6.92. The number of thiocarbonyl (C=S) groups is 1. The fourth-order valence-corrected chi connectivity index (χ4v) is 3.00. The quantitative estimate of drug-likeness (QED) is 0.832. The molecule has 0 aliphatic rings. The number of hydrogen-bond donors (Lipinski definition) is 1. The predicted octanol–water partition coefficient (Wildman–Crippen LogP) is 3.30. The fourth-order valence-electron chi connectivity index (χ4n) is 2.24. The van der Waals surface area contributed by atoms with E-state index in [1.165, 1.54) is 5.56 Å². The zero-order valence-corrected chi connectivity index (χ0v) is 13.4. The molecule has 0 saturated heterocycles. The Bertz CT molecular complexity index is 566. The van der Waals surface area contributed by atoms with E-state index in [0.29, 0.717) is 11.4 Å². The summed E-state index contributed by atoms with van der Waals surface area (Å²) in [4.78, 5) is 7.31. The van der Waals surface area contributed by atoms with Gasteiger partial charge in [-0.2, -0.15) is 0 Å². The number of aryl methyl sites for hydroxylation is 1. The number of nitrogens with two attached hydrogens (primary N) is 1. The average molecular weight is 305 g/mol. The first kappa shape index (κ1) is 15.1. The molecule has 0 radical (unpaired) electrons. The van der Waals surface area contributed by atoms with Crippen LogP contribution in [0.3, 0.4) is 0 Å². The highest BCUT2D eigenvalue weighted by atomic mass is 32.1. The van der Waals surface area contributed by atoms with Gasteiger partial charge in [-0.05, 0) is 19.5 Å². The van der Waals surface area contributed by atoms with E-state index >= 15 is 0 Å². The van der Waals surface area contributed by atoms with Crippen LogP contribution in [0.25, 0.3) is 0 Å². The van der Waals surface area contributed by atoms with Gasteiger partial charge in [-0.25, -0.2) is 4.98 Å². The van der Waals surface area contributed by atoms with E-state index < -0.39 is 0 Å². The first-order chi connectivity index (χ1) is 9.56. The van der Waals surface area contributed by atoms with E-state index in [2.05, 4.69) is 34.4 Å². The van der Waals surface area contributed by atoms with E-state index in [1.54, 1.807) is 11.3 Å². The molecule has 0 saturated carbocycles. The van der Waals surface area contributed by atoms with Crippen molar-refractivity contribution < 1.29 is 0 Å². The van der Waals surface area contributed by atoms with Crippen LogP contribution in [0.5, 0.6) is 0 Å². The van der Waals surface area contributed by atoms with Crippen molar-refractivity contribution in [3.63, 3.8) is 0 Å². The minimum Gasteiger partial charge on any atom is -0.393 e. The summed E-state index contributed by atoms with van der Waals surface area (Å²) < 4.78 is 0. The Morgan fingerprint density at radius 1 is 1.40 bits per heavy atom. The van der Waals surface area contributed by atoms with Gasteiger partial charge in [0.1, 0.15) is 0 Å². The summed E-state index contributed by atoms with van der Waals surface area (Å²) in [6, 6.07) is 10.5. The van der Waals surface area contributed by atoms with Crippen LogP contribution < -0.4 is 5.73 Å². The van der Waals surface area contributed by atoms with Gasteiger partial charge in [0.05, 0.1) is 15.7 Å². The van der Waals surface area contributed by atoms with E-state index in [1.807, 2.05) is 25.1 Å². The van der Waals surface area contributed by atoms with Gasteiger partial charge in [0.2, 0.25) is 0 Å². The molecule has 1 heterocycles. The Labute approximate surface area is 129 Å². The van der Waals surface area contributed by atoms with Gasteiger partial charge >= 0.3 is 0 Å². The average Bonchev–Trinajstić information content (AvgIpc) is 2.82. The van der Waals surface area contributed by atoms with Gasteiger partial charge in [-0.1, -0.05) is 42.5 Å². The van der Waals surface area contributed by atoms with Crippen molar-refractivity contribution in [1.82, 2.24) is 9.88 Å². The van der Waals surface area contributed by atoms with Crippen LogP contribution in [0.1, 0.15) is 28.7 Å². The lowest BCUT2D eigenvalue weighted by Crippen LogP contribution is -2.28. The molecule has 1 unspecified atom stereocenters. The fraction of sp³-hybridized carbons (Fsp3) is 0.333. The van der Waals surface area contributed by atoms with Crippen molar-refractivity contribution in [2.45, 2.75) is 25.9 Å². The van der Waals surface area contributed by atoms with Crippen molar-refractivity contribution in [1.29, 1.82) is 0 Å². The largest absolute Gasteiger partial charge is 0.393 e. The molecular formula is C15H19N3S2. The Balaban J connectivity index is 2.15. The van der Waals surface area contributed by atoms with Gasteiger partial charge in [0, 0.05) is 24.4 Å². The molecule has 0 spiro atoms. The van der Waals surface area contributed by atoms with Crippen molar-refractivity contribution in [3.05, 3.63) is 52.0 Å². The van der Waals surface area contributed by atoms with E-state index in [0.717, 1.165) is 17.2 Å². The molecule has 5 heteroatoms. The van der Waals surface area contributed by atoms with Crippen molar-refractivity contribution >= 4 is 28.5 Å². The molecule has 2 aromatic rings. The zero-order chi connectivity index (χ0) is 14.5. The molecular weight excluding hydrogens is 286 g/mol. The maximum absolute atomic E-state index is 5.76. The molecule has 2 N–H and O–H groups in total. The van der Waals surface area contributed by atoms with Gasteiger partial charge in [-0.15, -0.1) is 11.3 Å². The first-order valence-electron chi connectivity index (χ1n) is 6.50. The monoisotopic (exact) mass is 305 g/mol. The topological polar surface area (TPSA) is 42.2 Å². The van der Waals surface area contributed by atoms with Crippen LogP contribution in [0.15, 0.2) is 35.7 Å². The van der Waals surface area contributed by atoms with Crippen LogP contribution in [-0.2, 0) is 6.54 Å². The van der Waals surface area contributed by atoms with Crippen LogP contribution in [0, 0.1) is 6.92 Å². The molecule has 20 heavy (non-hydrogen) atoms. The maximum atomic E-state index is 5.76. The van der Waals surface area contributed by atoms with Crippen molar-refractivity contribution in [3.8, 4) is 0 Å². The van der Waals surface area contributed by atoms with E-state index in [-0.39, 0.29) is 6.04 Å². The highest BCUT2D eigenvalue weighted by Crippen LogP contribution is 2.25. The van der Waals surface area contributed by atoms with Crippen LogP contribution in [0.4, 0.5) is 0 Å². The number of rotatable bonds is 6. The number of nitrogens with zero attached hydrogens (tertiary/aromatic N) is 2. The molecule has 0 bridgehead atoms. The van der Waals surface area contributed by atoms with Crippen LogP contribution in [0.2, 0.25) is 0 Å². The normalized spacial score (nSPS) is 12.6. The molecule has 106 valence electrons. The minimum absolute atomic E-state index is 0.190. The molecule has 3 nitrogen and oxygen atoms in total. The summed E-state index contributed by atoms with van der Waals surface area (Å²) in [6.07, 6.45) is 0.680.